The summed E-state index contributed by atoms with van der Waals surface area (Å²) in [6.45, 7) is 0. The predicted molar refractivity (Wildman–Crippen MR) is 74.7 cm³/mol. The van der Waals surface area contributed by atoms with Gasteiger partial charge in [0.1, 0.15) is 28.5 Å². The number of nitrogens with two attached hydrogens (primary N) is 1. The first-order chi connectivity index (χ1) is 9.13. The number of rotatable bonds is 3. The standard InChI is InChI=1S/C13H11ClN4O/c1-19-10-4-2-3-8(7-15)13(10)18-12-6-9(16)5-11(14)17-12/h2-6H,1H3,(H3,16,17,18). The Bertz CT molecular complexity index is 631. The molecule has 2 aromatic rings. The summed E-state index contributed by atoms with van der Waals surface area (Å²) in [4.78, 5) is 4.09. The topological polar surface area (TPSA) is 84.0 Å². The summed E-state index contributed by atoms with van der Waals surface area (Å²) in [5.41, 5.74) is 7.15. The van der Waals surface area contributed by atoms with Gasteiger partial charge in [0.05, 0.1) is 12.7 Å². The van der Waals surface area contributed by atoms with Crippen LogP contribution in [0.4, 0.5) is 17.2 Å². The van der Waals surface area contributed by atoms with E-state index < -0.39 is 0 Å². The van der Waals surface area contributed by atoms with E-state index in [0.717, 1.165) is 0 Å². The lowest BCUT2D eigenvalue weighted by atomic mass is 10.1. The van der Waals surface area contributed by atoms with Crippen molar-refractivity contribution in [2.45, 2.75) is 0 Å². The van der Waals surface area contributed by atoms with Crippen LogP contribution in [-0.2, 0) is 0 Å². The fourth-order valence-electron chi connectivity index (χ4n) is 1.63. The van der Waals surface area contributed by atoms with Crippen molar-refractivity contribution < 1.29 is 4.74 Å². The number of pyridine rings is 1. The van der Waals surface area contributed by atoms with Crippen LogP contribution in [0.1, 0.15) is 5.56 Å². The van der Waals surface area contributed by atoms with E-state index in [-0.39, 0.29) is 5.15 Å². The van der Waals surface area contributed by atoms with Crippen molar-refractivity contribution in [1.29, 1.82) is 5.26 Å². The molecule has 0 radical (unpaired) electrons. The Balaban J connectivity index is 2.45. The molecule has 3 N–H and O–H groups in total. The highest BCUT2D eigenvalue weighted by molar-refractivity contribution is 6.29. The highest BCUT2D eigenvalue weighted by Gasteiger charge is 2.10. The van der Waals surface area contributed by atoms with Crippen LogP contribution in [0.15, 0.2) is 30.3 Å². The molecule has 2 rings (SSSR count). The Morgan fingerprint density at radius 1 is 1.42 bits per heavy atom. The van der Waals surface area contributed by atoms with Crippen LogP contribution in [-0.4, -0.2) is 12.1 Å². The second-order valence-electron chi connectivity index (χ2n) is 3.73. The zero-order chi connectivity index (χ0) is 13.8. The second kappa shape index (κ2) is 5.46. The molecule has 1 heterocycles. The van der Waals surface area contributed by atoms with Crippen molar-refractivity contribution in [2.75, 3.05) is 18.2 Å². The molecule has 0 aliphatic heterocycles. The van der Waals surface area contributed by atoms with Gasteiger partial charge in [-0.25, -0.2) is 4.98 Å². The molecule has 0 spiro atoms. The number of halogens is 1. The highest BCUT2D eigenvalue weighted by Crippen LogP contribution is 2.31. The van der Waals surface area contributed by atoms with E-state index in [1.54, 1.807) is 30.3 Å². The normalized spacial score (nSPS) is 9.74. The third-order valence-electron chi connectivity index (χ3n) is 2.44. The smallest absolute Gasteiger partial charge is 0.143 e. The largest absolute Gasteiger partial charge is 0.495 e. The SMILES string of the molecule is COc1cccc(C#N)c1Nc1cc(N)cc(Cl)n1. The first kappa shape index (κ1) is 13.0. The van der Waals surface area contributed by atoms with Gasteiger partial charge in [0.25, 0.3) is 0 Å². The molecule has 0 bridgehead atoms. The number of ether oxygens (including phenoxy) is 1. The zero-order valence-corrected chi connectivity index (χ0v) is 10.9. The minimum atomic E-state index is 0.274. The van der Waals surface area contributed by atoms with Gasteiger partial charge in [-0.15, -0.1) is 0 Å². The average Bonchev–Trinajstić information content (AvgIpc) is 2.37. The Kier molecular flexibility index (Phi) is 3.74. The van der Waals surface area contributed by atoms with E-state index in [9.17, 15) is 0 Å². The summed E-state index contributed by atoms with van der Waals surface area (Å²) in [7, 11) is 1.53. The fraction of sp³-hybridized carbons (Fsp3) is 0.0769. The molecule has 0 aliphatic rings. The number of para-hydroxylation sites is 1. The third-order valence-corrected chi connectivity index (χ3v) is 2.63. The molecule has 96 valence electrons. The Hall–Kier alpha value is -2.45. The number of benzene rings is 1. The molecule has 0 aliphatic carbocycles. The molecule has 19 heavy (non-hydrogen) atoms. The van der Waals surface area contributed by atoms with E-state index in [0.29, 0.717) is 28.5 Å². The molecule has 5 nitrogen and oxygen atoms in total. The zero-order valence-electron chi connectivity index (χ0n) is 10.1. The van der Waals surface area contributed by atoms with Gasteiger partial charge in [-0.2, -0.15) is 5.26 Å². The van der Waals surface area contributed by atoms with E-state index in [2.05, 4.69) is 16.4 Å². The maximum atomic E-state index is 9.11. The number of methoxy groups -OCH3 is 1. The van der Waals surface area contributed by atoms with Gasteiger partial charge in [0.2, 0.25) is 0 Å². The molecule has 0 saturated heterocycles. The van der Waals surface area contributed by atoms with Gasteiger partial charge in [0, 0.05) is 11.8 Å². The number of nitrogen functional groups attached to an aromatic ring is 1. The van der Waals surface area contributed by atoms with E-state index in [4.69, 9.17) is 27.3 Å². The molecular weight excluding hydrogens is 264 g/mol. The molecule has 0 fully saturated rings. The number of nitrogens with zero attached hydrogens (tertiary/aromatic N) is 2. The van der Waals surface area contributed by atoms with Crippen LogP contribution in [0.5, 0.6) is 5.75 Å². The summed E-state index contributed by atoms with van der Waals surface area (Å²) in [5.74, 6) is 0.991. The maximum absolute atomic E-state index is 9.11. The van der Waals surface area contributed by atoms with E-state index >= 15 is 0 Å². The second-order valence-corrected chi connectivity index (χ2v) is 4.12. The van der Waals surface area contributed by atoms with Crippen LogP contribution < -0.4 is 15.8 Å². The molecule has 6 heteroatoms. The first-order valence-electron chi connectivity index (χ1n) is 5.41. The molecule has 0 saturated carbocycles. The molecule has 1 aromatic carbocycles. The Morgan fingerprint density at radius 2 is 2.21 bits per heavy atom. The van der Waals surface area contributed by atoms with Crippen molar-refractivity contribution >= 4 is 28.8 Å². The van der Waals surface area contributed by atoms with Crippen LogP contribution in [0.2, 0.25) is 5.15 Å². The number of nitrogens with one attached hydrogen (secondary N) is 1. The van der Waals surface area contributed by atoms with Crippen LogP contribution in [0, 0.1) is 11.3 Å². The predicted octanol–water partition coefficient (Wildman–Crippen LogP) is 2.94. The minimum Gasteiger partial charge on any atom is -0.495 e. The van der Waals surface area contributed by atoms with Crippen molar-refractivity contribution in [2.24, 2.45) is 0 Å². The van der Waals surface area contributed by atoms with Gasteiger partial charge in [-0.05, 0) is 18.2 Å². The van der Waals surface area contributed by atoms with Gasteiger partial charge < -0.3 is 15.8 Å². The Morgan fingerprint density at radius 3 is 2.84 bits per heavy atom. The summed E-state index contributed by atoms with van der Waals surface area (Å²) in [5, 5.41) is 12.4. The van der Waals surface area contributed by atoms with Crippen LogP contribution >= 0.6 is 11.6 Å². The quantitative estimate of drug-likeness (QED) is 0.841. The average molecular weight is 275 g/mol. The van der Waals surface area contributed by atoms with Gasteiger partial charge in [0.15, 0.2) is 0 Å². The lowest BCUT2D eigenvalue weighted by Crippen LogP contribution is -2.00. The van der Waals surface area contributed by atoms with Crippen molar-refractivity contribution in [3.05, 3.63) is 41.0 Å². The monoisotopic (exact) mass is 274 g/mol. The van der Waals surface area contributed by atoms with Gasteiger partial charge in [-0.1, -0.05) is 17.7 Å². The minimum absolute atomic E-state index is 0.274. The number of hydrogen-bond donors (Lipinski definition) is 2. The van der Waals surface area contributed by atoms with Crippen molar-refractivity contribution in [3.63, 3.8) is 0 Å². The lowest BCUT2D eigenvalue weighted by molar-refractivity contribution is 0.416. The third kappa shape index (κ3) is 2.87. The summed E-state index contributed by atoms with van der Waals surface area (Å²) >= 11 is 5.84. The molecule has 0 atom stereocenters. The van der Waals surface area contributed by atoms with Gasteiger partial charge >= 0.3 is 0 Å². The lowest BCUT2D eigenvalue weighted by Gasteiger charge is -2.12. The molecule has 1 aromatic heterocycles. The first-order valence-corrected chi connectivity index (χ1v) is 5.79. The van der Waals surface area contributed by atoms with Crippen LogP contribution in [0.3, 0.4) is 0 Å². The van der Waals surface area contributed by atoms with E-state index in [1.165, 1.54) is 7.11 Å². The van der Waals surface area contributed by atoms with Crippen molar-refractivity contribution in [3.8, 4) is 11.8 Å². The van der Waals surface area contributed by atoms with Gasteiger partial charge in [-0.3, -0.25) is 0 Å². The summed E-state index contributed by atoms with van der Waals surface area (Å²) in [6, 6.07) is 10.4. The number of hydrogen-bond acceptors (Lipinski definition) is 5. The highest BCUT2D eigenvalue weighted by atomic mass is 35.5. The maximum Gasteiger partial charge on any atom is 0.143 e. The number of aromatic nitrogens is 1. The number of anilines is 3. The van der Waals surface area contributed by atoms with Crippen molar-refractivity contribution in [1.82, 2.24) is 4.98 Å². The van der Waals surface area contributed by atoms with Crippen LogP contribution in [0.25, 0.3) is 0 Å². The molecule has 0 unspecified atom stereocenters. The number of nitriles is 1. The fourth-order valence-corrected chi connectivity index (χ4v) is 1.85. The summed E-state index contributed by atoms with van der Waals surface area (Å²) < 4.78 is 5.21. The molecule has 0 amide bonds. The molecular formula is C13H11ClN4O. The van der Waals surface area contributed by atoms with E-state index in [1.807, 2.05) is 0 Å². The summed E-state index contributed by atoms with van der Waals surface area (Å²) in [6.07, 6.45) is 0. The Labute approximate surface area is 115 Å².